The SMILES string of the molecule is Cc1cc(Br)ccc1N/C=C(/C#N)C(=O)Nc1ccc(I)cc1C. The summed E-state index contributed by atoms with van der Waals surface area (Å²) in [5.74, 6) is -0.441. The number of hydrogen-bond donors (Lipinski definition) is 2. The molecule has 0 saturated heterocycles. The largest absolute Gasteiger partial charge is 0.360 e. The Bertz CT molecular complexity index is 856. The van der Waals surface area contributed by atoms with Crippen molar-refractivity contribution in [2.45, 2.75) is 13.8 Å². The molecule has 0 aliphatic rings. The van der Waals surface area contributed by atoms with E-state index < -0.39 is 5.91 Å². The van der Waals surface area contributed by atoms with Gasteiger partial charge in [0.15, 0.2) is 0 Å². The number of hydrogen-bond acceptors (Lipinski definition) is 3. The van der Waals surface area contributed by atoms with Crippen LogP contribution in [0.5, 0.6) is 0 Å². The van der Waals surface area contributed by atoms with Gasteiger partial charge in [-0.1, -0.05) is 15.9 Å². The smallest absolute Gasteiger partial charge is 0.267 e. The molecule has 0 atom stereocenters. The summed E-state index contributed by atoms with van der Waals surface area (Å²) in [7, 11) is 0. The van der Waals surface area contributed by atoms with Crippen LogP contribution in [-0.2, 0) is 4.79 Å². The Balaban J connectivity index is 2.15. The summed E-state index contributed by atoms with van der Waals surface area (Å²) in [5, 5.41) is 15.0. The van der Waals surface area contributed by atoms with E-state index >= 15 is 0 Å². The van der Waals surface area contributed by atoms with Gasteiger partial charge in [0.05, 0.1) is 0 Å². The molecule has 6 heteroatoms. The number of anilines is 2. The van der Waals surface area contributed by atoms with Crippen molar-refractivity contribution in [3.05, 3.63) is 67.3 Å². The fourth-order valence-electron chi connectivity index (χ4n) is 2.04. The summed E-state index contributed by atoms with van der Waals surface area (Å²) < 4.78 is 2.06. The summed E-state index contributed by atoms with van der Waals surface area (Å²) in [6, 6.07) is 13.4. The monoisotopic (exact) mass is 495 g/mol. The lowest BCUT2D eigenvalue weighted by Gasteiger charge is -2.09. The second kappa shape index (κ2) is 8.31. The first-order valence-electron chi connectivity index (χ1n) is 7.11. The van der Waals surface area contributed by atoms with Gasteiger partial charge in [0.25, 0.3) is 5.91 Å². The molecule has 0 fully saturated rings. The Morgan fingerprint density at radius 3 is 2.46 bits per heavy atom. The van der Waals surface area contributed by atoms with Crippen LogP contribution in [-0.4, -0.2) is 5.91 Å². The van der Waals surface area contributed by atoms with Gasteiger partial charge in [-0.2, -0.15) is 5.26 Å². The number of amides is 1. The number of nitrogens with one attached hydrogen (secondary N) is 2. The molecule has 0 heterocycles. The zero-order valence-corrected chi connectivity index (χ0v) is 16.9. The lowest BCUT2D eigenvalue weighted by Crippen LogP contribution is -2.15. The van der Waals surface area contributed by atoms with E-state index in [4.69, 9.17) is 0 Å². The summed E-state index contributed by atoms with van der Waals surface area (Å²) >= 11 is 5.61. The zero-order chi connectivity index (χ0) is 17.7. The molecule has 2 aromatic rings. The number of benzene rings is 2. The average Bonchev–Trinajstić information content (AvgIpc) is 2.52. The van der Waals surface area contributed by atoms with E-state index in [2.05, 4.69) is 49.2 Å². The van der Waals surface area contributed by atoms with Crippen LogP contribution in [0.15, 0.2) is 52.6 Å². The van der Waals surface area contributed by atoms with Crippen molar-refractivity contribution in [1.29, 1.82) is 5.26 Å². The molecule has 0 radical (unpaired) electrons. The molecule has 0 spiro atoms. The van der Waals surface area contributed by atoms with Crippen LogP contribution in [0.25, 0.3) is 0 Å². The predicted octanol–water partition coefficient (Wildman–Crippen LogP) is 5.13. The molecule has 0 bridgehead atoms. The highest BCUT2D eigenvalue weighted by atomic mass is 127. The molecule has 4 nitrogen and oxygen atoms in total. The lowest BCUT2D eigenvalue weighted by atomic mass is 10.2. The average molecular weight is 496 g/mol. The van der Waals surface area contributed by atoms with E-state index in [-0.39, 0.29) is 5.57 Å². The Labute approximate surface area is 163 Å². The van der Waals surface area contributed by atoms with E-state index in [1.807, 2.05) is 56.3 Å². The number of nitrogens with zero attached hydrogens (tertiary/aromatic N) is 1. The third kappa shape index (κ3) is 4.82. The first kappa shape index (κ1) is 18.5. The maximum Gasteiger partial charge on any atom is 0.267 e. The molecular formula is C18H15BrIN3O. The normalized spacial score (nSPS) is 10.9. The fourth-order valence-corrected chi connectivity index (χ4v) is 3.17. The summed E-state index contributed by atoms with van der Waals surface area (Å²) in [6.07, 6.45) is 1.42. The summed E-state index contributed by atoms with van der Waals surface area (Å²) in [5.41, 5.74) is 3.50. The third-order valence-corrected chi connectivity index (χ3v) is 4.53. The van der Waals surface area contributed by atoms with Crippen molar-refractivity contribution in [2.24, 2.45) is 0 Å². The minimum atomic E-state index is -0.441. The first-order valence-corrected chi connectivity index (χ1v) is 8.98. The van der Waals surface area contributed by atoms with Crippen molar-refractivity contribution in [1.82, 2.24) is 0 Å². The predicted molar refractivity (Wildman–Crippen MR) is 109 cm³/mol. The molecule has 122 valence electrons. The Morgan fingerprint density at radius 2 is 1.83 bits per heavy atom. The molecule has 1 amide bonds. The van der Waals surface area contributed by atoms with E-state index in [1.165, 1.54) is 6.20 Å². The van der Waals surface area contributed by atoms with Gasteiger partial charge in [0.2, 0.25) is 0 Å². The number of aryl methyl sites for hydroxylation is 2. The standard InChI is InChI=1S/C18H15BrIN3O/c1-11-7-14(19)3-5-16(11)22-10-13(9-21)18(24)23-17-6-4-15(20)8-12(17)2/h3-8,10,22H,1-2H3,(H,23,24)/b13-10-. The van der Waals surface area contributed by atoms with Crippen LogP contribution in [0.2, 0.25) is 0 Å². The molecule has 0 saturated carbocycles. The highest BCUT2D eigenvalue weighted by Gasteiger charge is 2.11. The maximum absolute atomic E-state index is 12.3. The van der Waals surface area contributed by atoms with Gasteiger partial charge >= 0.3 is 0 Å². The quantitative estimate of drug-likeness (QED) is 0.351. The number of carbonyl (C=O) groups is 1. The molecule has 0 aromatic heterocycles. The molecule has 2 aromatic carbocycles. The van der Waals surface area contributed by atoms with Gasteiger partial charge in [-0.05, 0) is 84.0 Å². The Kier molecular flexibility index (Phi) is 6.40. The van der Waals surface area contributed by atoms with E-state index in [9.17, 15) is 10.1 Å². The van der Waals surface area contributed by atoms with Crippen molar-refractivity contribution in [2.75, 3.05) is 10.6 Å². The van der Waals surface area contributed by atoms with Crippen LogP contribution in [0, 0.1) is 28.7 Å². The minimum Gasteiger partial charge on any atom is -0.360 e. The molecule has 0 unspecified atom stereocenters. The Morgan fingerprint density at radius 1 is 1.17 bits per heavy atom. The zero-order valence-electron chi connectivity index (χ0n) is 13.2. The van der Waals surface area contributed by atoms with E-state index in [0.717, 1.165) is 24.9 Å². The van der Waals surface area contributed by atoms with Crippen LogP contribution in [0.4, 0.5) is 11.4 Å². The number of halogens is 2. The van der Waals surface area contributed by atoms with Gasteiger partial charge in [0.1, 0.15) is 11.6 Å². The molecule has 2 rings (SSSR count). The van der Waals surface area contributed by atoms with Crippen molar-refractivity contribution in [3.63, 3.8) is 0 Å². The maximum atomic E-state index is 12.3. The van der Waals surface area contributed by atoms with Gasteiger partial charge in [-0.3, -0.25) is 4.79 Å². The molecular weight excluding hydrogens is 481 g/mol. The fraction of sp³-hybridized carbons (Fsp3) is 0.111. The molecule has 2 N–H and O–H groups in total. The van der Waals surface area contributed by atoms with Crippen LogP contribution in [0.3, 0.4) is 0 Å². The molecule has 0 aliphatic carbocycles. The second-order valence-electron chi connectivity index (χ2n) is 5.19. The first-order chi connectivity index (χ1) is 11.4. The molecule has 24 heavy (non-hydrogen) atoms. The van der Waals surface area contributed by atoms with Gasteiger partial charge in [0, 0.05) is 25.6 Å². The topological polar surface area (TPSA) is 64.9 Å². The summed E-state index contributed by atoms with van der Waals surface area (Å²) in [4.78, 5) is 12.3. The third-order valence-electron chi connectivity index (χ3n) is 3.36. The van der Waals surface area contributed by atoms with Crippen molar-refractivity contribution < 1.29 is 4.79 Å². The van der Waals surface area contributed by atoms with Gasteiger partial charge in [-0.15, -0.1) is 0 Å². The lowest BCUT2D eigenvalue weighted by molar-refractivity contribution is -0.112. The van der Waals surface area contributed by atoms with Crippen molar-refractivity contribution >= 4 is 55.8 Å². The highest BCUT2D eigenvalue weighted by molar-refractivity contribution is 14.1. The van der Waals surface area contributed by atoms with Crippen LogP contribution in [0.1, 0.15) is 11.1 Å². The number of nitriles is 1. The van der Waals surface area contributed by atoms with Crippen molar-refractivity contribution in [3.8, 4) is 6.07 Å². The highest BCUT2D eigenvalue weighted by Crippen LogP contribution is 2.21. The Hall–Kier alpha value is -1.85. The number of rotatable bonds is 4. The van der Waals surface area contributed by atoms with Gasteiger partial charge < -0.3 is 10.6 Å². The number of carbonyl (C=O) groups excluding carboxylic acids is 1. The van der Waals surface area contributed by atoms with E-state index in [0.29, 0.717) is 5.69 Å². The minimum absolute atomic E-state index is 0.00951. The van der Waals surface area contributed by atoms with Gasteiger partial charge in [-0.25, -0.2) is 0 Å². The second-order valence-corrected chi connectivity index (χ2v) is 7.35. The van der Waals surface area contributed by atoms with Crippen LogP contribution < -0.4 is 10.6 Å². The summed E-state index contributed by atoms with van der Waals surface area (Å²) in [6.45, 7) is 3.86. The van der Waals surface area contributed by atoms with Crippen LogP contribution >= 0.6 is 38.5 Å². The van der Waals surface area contributed by atoms with E-state index in [1.54, 1.807) is 0 Å². The molecule has 0 aliphatic heterocycles.